The Morgan fingerprint density at radius 1 is 1.30 bits per heavy atom. The summed E-state index contributed by atoms with van der Waals surface area (Å²) in [4.78, 5) is 34.8. The number of anilines is 1. The second-order valence-electron chi connectivity index (χ2n) is 5.53. The number of carbonyl (C=O) groups excluding carboxylic acids is 3. The van der Waals surface area contributed by atoms with Crippen LogP contribution < -0.4 is 11.1 Å². The Balaban J connectivity index is 1.83. The highest BCUT2D eigenvalue weighted by Crippen LogP contribution is 2.21. The number of hydrogen-bond donors (Lipinski definition) is 2. The van der Waals surface area contributed by atoms with Gasteiger partial charge in [-0.2, -0.15) is 0 Å². The van der Waals surface area contributed by atoms with E-state index in [1.807, 2.05) is 12.2 Å². The van der Waals surface area contributed by atoms with Gasteiger partial charge < -0.3 is 15.8 Å². The van der Waals surface area contributed by atoms with Crippen LogP contribution in [0.1, 0.15) is 36.5 Å². The van der Waals surface area contributed by atoms with Crippen molar-refractivity contribution in [3.63, 3.8) is 0 Å². The van der Waals surface area contributed by atoms with Gasteiger partial charge in [0.15, 0.2) is 6.10 Å². The molecule has 0 aliphatic heterocycles. The number of esters is 1. The van der Waals surface area contributed by atoms with Gasteiger partial charge in [-0.25, -0.2) is 0 Å². The number of nitrogens with two attached hydrogens (primary N) is 1. The number of amides is 2. The molecule has 3 N–H and O–H groups in total. The zero-order valence-corrected chi connectivity index (χ0v) is 13.0. The smallest absolute Gasteiger partial charge is 0.307 e. The quantitative estimate of drug-likeness (QED) is 0.619. The van der Waals surface area contributed by atoms with E-state index in [0.29, 0.717) is 17.7 Å². The topological polar surface area (TPSA) is 98.5 Å². The lowest BCUT2D eigenvalue weighted by Gasteiger charge is -2.15. The highest BCUT2D eigenvalue weighted by Gasteiger charge is 2.21. The number of nitrogens with one attached hydrogen (secondary N) is 1. The van der Waals surface area contributed by atoms with E-state index in [-0.39, 0.29) is 11.9 Å². The van der Waals surface area contributed by atoms with Gasteiger partial charge in [-0.1, -0.05) is 12.2 Å². The van der Waals surface area contributed by atoms with Crippen molar-refractivity contribution in [1.82, 2.24) is 0 Å². The van der Waals surface area contributed by atoms with E-state index < -0.39 is 17.9 Å². The summed E-state index contributed by atoms with van der Waals surface area (Å²) < 4.78 is 5.15. The lowest BCUT2D eigenvalue weighted by atomic mass is 10.1. The van der Waals surface area contributed by atoms with E-state index >= 15 is 0 Å². The highest BCUT2D eigenvalue weighted by atomic mass is 16.5. The third-order valence-electron chi connectivity index (χ3n) is 3.66. The molecule has 23 heavy (non-hydrogen) atoms. The maximum Gasteiger partial charge on any atom is 0.307 e. The maximum absolute atomic E-state index is 12.0. The van der Waals surface area contributed by atoms with E-state index in [0.717, 1.165) is 12.8 Å². The molecule has 6 nitrogen and oxygen atoms in total. The number of ether oxygens (including phenoxy) is 1. The Hall–Kier alpha value is -2.63. The summed E-state index contributed by atoms with van der Waals surface area (Å²) in [5, 5.41) is 2.62. The molecular weight excluding hydrogens is 296 g/mol. The van der Waals surface area contributed by atoms with E-state index in [9.17, 15) is 14.4 Å². The van der Waals surface area contributed by atoms with Gasteiger partial charge >= 0.3 is 5.97 Å². The van der Waals surface area contributed by atoms with Crippen LogP contribution in [0.3, 0.4) is 0 Å². The first kappa shape index (κ1) is 16.7. The molecule has 0 bridgehead atoms. The van der Waals surface area contributed by atoms with E-state index in [1.54, 1.807) is 12.1 Å². The Morgan fingerprint density at radius 2 is 2.00 bits per heavy atom. The summed E-state index contributed by atoms with van der Waals surface area (Å²) in [5.74, 6) is -1.13. The number of hydrogen-bond acceptors (Lipinski definition) is 4. The van der Waals surface area contributed by atoms with Gasteiger partial charge in [0.1, 0.15) is 0 Å². The predicted molar refractivity (Wildman–Crippen MR) is 85.6 cm³/mol. The summed E-state index contributed by atoms with van der Waals surface area (Å²) in [6.45, 7) is 1.52. The molecule has 122 valence electrons. The van der Waals surface area contributed by atoms with Crippen LogP contribution in [0.2, 0.25) is 0 Å². The fourth-order valence-corrected chi connectivity index (χ4v) is 2.34. The van der Waals surface area contributed by atoms with Crippen molar-refractivity contribution < 1.29 is 19.1 Å². The Kier molecular flexibility index (Phi) is 5.51. The third-order valence-corrected chi connectivity index (χ3v) is 3.66. The minimum Gasteiger partial charge on any atom is -0.453 e. The molecule has 0 heterocycles. The van der Waals surface area contributed by atoms with Crippen molar-refractivity contribution in [2.45, 2.75) is 32.3 Å². The van der Waals surface area contributed by atoms with Gasteiger partial charge in [-0.3, -0.25) is 14.4 Å². The monoisotopic (exact) mass is 316 g/mol. The lowest BCUT2D eigenvalue weighted by molar-refractivity contribution is -0.153. The summed E-state index contributed by atoms with van der Waals surface area (Å²) in [6, 6.07) is 6.16. The molecule has 0 fully saturated rings. The normalized spacial score (nSPS) is 17.5. The predicted octanol–water partition coefficient (Wildman–Crippen LogP) is 2.01. The molecule has 1 aromatic carbocycles. The van der Waals surface area contributed by atoms with E-state index in [1.165, 1.54) is 19.1 Å². The van der Waals surface area contributed by atoms with E-state index in [2.05, 4.69) is 5.32 Å². The Morgan fingerprint density at radius 3 is 2.57 bits per heavy atom. The highest BCUT2D eigenvalue weighted by molar-refractivity contribution is 5.96. The molecule has 1 aliphatic carbocycles. The molecule has 0 aromatic heterocycles. The lowest BCUT2D eigenvalue weighted by Crippen LogP contribution is -2.30. The molecule has 0 spiro atoms. The maximum atomic E-state index is 12.0. The molecule has 0 unspecified atom stereocenters. The van der Waals surface area contributed by atoms with Crippen molar-refractivity contribution in [2.24, 2.45) is 11.7 Å². The number of allylic oxidation sites excluding steroid dienone is 2. The largest absolute Gasteiger partial charge is 0.453 e. The molecule has 6 heteroatoms. The standard InChI is InChI=1S/C17H20N2O4/c1-11(23-15(20)10-12-4-2-3-5-12)17(22)19-14-8-6-13(7-9-14)16(18)21/h2,4,6-9,11-12H,3,5,10H2,1H3,(H2,18,21)(H,19,22)/t11-,12-/m0/s1. The average molecular weight is 316 g/mol. The minimum absolute atomic E-state index is 0.208. The van der Waals surface area contributed by atoms with E-state index in [4.69, 9.17) is 10.5 Å². The molecule has 0 saturated heterocycles. The Labute approximate surface area is 134 Å². The van der Waals surface area contributed by atoms with Gasteiger partial charge in [-0.05, 0) is 49.9 Å². The number of rotatable bonds is 6. The molecule has 0 radical (unpaired) electrons. The molecule has 2 atom stereocenters. The number of benzene rings is 1. The molecule has 1 aliphatic rings. The first-order valence-electron chi connectivity index (χ1n) is 7.52. The van der Waals surface area contributed by atoms with Crippen molar-refractivity contribution in [1.29, 1.82) is 0 Å². The van der Waals surface area contributed by atoms with Crippen molar-refractivity contribution >= 4 is 23.5 Å². The van der Waals surface area contributed by atoms with Crippen molar-refractivity contribution in [3.8, 4) is 0 Å². The van der Waals surface area contributed by atoms with Crippen LogP contribution in [0.4, 0.5) is 5.69 Å². The van der Waals surface area contributed by atoms with Gasteiger partial charge in [-0.15, -0.1) is 0 Å². The summed E-state index contributed by atoms with van der Waals surface area (Å²) >= 11 is 0. The molecule has 2 amide bonds. The number of primary amides is 1. The molecule has 2 rings (SSSR count). The summed E-state index contributed by atoms with van der Waals surface area (Å²) in [7, 11) is 0. The van der Waals surface area contributed by atoms with Crippen LogP contribution in [0, 0.1) is 5.92 Å². The first-order chi connectivity index (χ1) is 11.0. The molecule has 0 saturated carbocycles. The number of carbonyl (C=O) groups is 3. The minimum atomic E-state index is -0.885. The summed E-state index contributed by atoms with van der Waals surface area (Å²) in [5.41, 5.74) is 6.00. The van der Waals surface area contributed by atoms with Crippen LogP contribution in [0.5, 0.6) is 0 Å². The van der Waals surface area contributed by atoms with Crippen LogP contribution in [0.25, 0.3) is 0 Å². The van der Waals surface area contributed by atoms with Crippen LogP contribution >= 0.6 is 0 Å². The second-order valence-corrected chi connectivity index (χ2v) is 5.53. The zero-order chi connectivity index (χ0) is 16.8. The van der Waals surface area contributed by atoms with Gasteiger partial charge in [0.2, 0.25) is 5.91 Å². The van der Waals surface area contributed by atoms with Crippen LogP contribution in [-0.2, 0) is 14.3 Å². The SMILES string of the molecule is C[C@H](OC(=O)C[C@H]1C=CCC1)C(=O)Nc1ccc(C(N)=O)cc1. The Bertz CT molecular complexity index is 622. The zero-order valence-electron chi connectivity index (χ0n) is 13.0. The molecular formula is C17H20N2O4. The second kappa shape index (κ2) is 7.58. The van der Waals surface area contributed by atoms with Gasteiger partial charge in [0.05, 0.1) is 6.42 Å². The fourth-order valence-electron chi connectivity index (χ4n) is 2.34. The van der Waals surface area contributed by atoms with Crippen molar-refractivity contribution in [3.05, 3.63) is 42.0 Å². The average Bonchev–Trinajstić information content (AvgIpc) is 3.00. The summed E-state index contributed by atoms with van der Waals surface area (Å²) in [6.07, 6.45) is 5.39. The van der Waals surface area contributed by atoms with Crippen molar-refractivity contribution in [2.75, 3.05) is 5.32 Å². The van der Waals surface area contributed by atoms with Crippen LogP contribution in [-0.4, -0.2) is 23.9 Å². The fraction of sp³-hybridized carbons (Fsp3) is 0.353. The van der Waals surface area contributed by atoms with Gasteiger partial charge in [0.25, 0.3) is 5.91 Å². The van der Waals surface area contributed by atoms with Crippen LogP contribution in [0.15, 0.2) is 36.4 Å². The third kappa shape index (κ3) is 4.95. The molecule has 1 aromatic rings. The van der Waals surface area contributed by atoms with Gasteiger partial charge in [0, 0.05) is 11.3 Å². The first-order valence-corrected chi connectivity index (χ1v) is 7.52.